The quantitative estimate of drug-likeness (QED) is 0.546. The van der Waals surface area contributed by atoms with E-state index in [4.69, 9.17) is 14.2 Å². The van der Waals surface area contributed by atoms with Gasteiger partial charge in [-0.25, -0.2) is 8.42 Å². The molecule has 2 N–H and O–H groups in total. The zero-order valence-electron chi connectivity index (χ0n) is 19.2. The first kappa shape index (κ1) is 24.4. The first-order valence-electron chi connectivity index (χ1n) is 10.6. The fraction of sp³-hybridized carbons (Fsp3) is 0.391. The Labute approximate surface area is 194 Å². The molecule has 1 aliphatic rings. The molecule has 1 unspecified atom stereocenters. The summed E-state index contributed by atoms with van der Waals surface area (Å²) in [6.07, 6.45) is 2.14. The lowest BCUT2D eigenvalue weighted by Gasteiger charge is -2.16. The molecule has 9 nitrogen and oxygen atoms in total. The summed E-state index contributed by atoms with van der Waals surface area (Å²) < 4.78 is 43.3. The van der Waals surface area contributed by atoms with Gasteiger partial charge in [0.05, 0.1) is 26.2 Å². The number of methoxy groups -OCH3 is 3. The summed E-state index contributed by atoms with van der Waals surface area (Å²) in [6, 6.07) is 9.37. The number of amidine groups is 1. The number of rotatable bonds is 10. The molecule has 3 rings (SSSR count). The second-order valence-corrected chi connectivity index (χ2v) is 9.14. The number of aliphatic imine (C=N–C) groups is 1. The van der Waals surface area contributed by atoms with E-state index < -0.39 is 16.1 Å². The van der Waals surface area contributed by atoms with E-state index in [0.29, 0.717) is 29.2 Å². The second kappa shape index (κ2) is 10.6. The maximum atomic E-state index is 13.0. The average Bonchev–Trinajstić information content (AvgIpc) is 3.09. The van der Waals surface area contributed by atoms with Gasteiger partial charge in [-0.3, -0.25) is 14.5 Å². The average molecular weight is 476 g/mol. The molecule has 33 heavy (non-hydrogen) atoms. The number of carbonyl (C=O) groups excluding carboxylic acids is 1. The monoisotopic (exact) mass is 475 g/mol. The largest absolute Gasteiger partial charge is 0.493 e. The smallest absolute Gasteiger partial charge is 0.263 e. The van der Waals surface area contributed by atoms with Crippen LogP contribution in [0.15, 0.2) is 46.3 Å². The molecule has 2 aromatic carbocycles. The van der Waals surface area contributed by atoms with Crippen molar-refractivity contribution in [3.8, 4) is 17.2 Å². The Balaban J connectivity index is 1.82. The lowest BCUT2D eigenvalue weighted by Crippen LogP contribution is -2.35. The van der Waals surface area contributed by atoms with Crippen molar-refractivity contribution in [2.45, 2.75) is 43.7 Å². The summed E-state index contributed by atoms with van der Waals surface area (Å²) in [4.78, 5) is 17.7. The Kier molecular flexibility index (Phi) is 7.80. The summed E-state index contributed by atoms with van der Waals surface area (Å²) in [5.41, 5.74) is 1.23. The van der Waals surface area contributed by atoms with E-state index in [1.165, 1.54) is 27.4 Å². The number of nitrogens with zero attached hydrogens (tertiary/aromatic N) is 1. The van der Waals surface area contributed by atoms with Gasteiger partial charge in [0.2, 0.25) is 11.7 Å². The fourth-order valence-electron chi connectivity index (χ4n) is 3.58. The number of unbranched alkanes of at least 4 members (excludes halogenated alkanes) is 1. The van der Waals surface area contributed by atoms with E-state index in [0.717, 1.165) is 18.4 Å². The van der Waals surface area contributed by atoms with Crippen LogP contribution in [0, 0.1) is 0 Å². The molecule has 1 amide bonds. The molecule has 0 saturated carbocycles. The Morgan fingerprint density at radius 3 is 2.36 bits per heavy atom. The third-order valence-electron chi connectivity index (χ3n) is 5.27. The van der Waals surface area contributed by atoms with Crippen molar-refractivity contribution in [1.29, 1.82) is 0 Å². The van der Waals surface area contributed by atoms with Crippen LogP contribution < -0.4 is 24.2 Å². The lowest BCUT2D eigenvalue weighted by molar-refractivity contribution is -0.122. The van der Waals surface area contributed by atoms with Gasteiger partial charge in [0.25, 0.3) is 10.0 Å². The van der Waals surface area contributed by atoms with E-state index in [9.17, 15) is 13.2 Å². The summed E-state index contributed by atoms with van der Waals surface area (Å²) in [7, 11) is 0.896. The number of amides is 1. The predicted octanol–water partition coefficient (Wildman–Crippen LogP) is 2.63. The third-order valence-corrected chi connectivity index (χ3v) is 6.67. The highest BCUT2D eigenvalue weighted by Gasteiger charge is 2.31. The molecule has 0 spiro atoms. The van der Waals surface area contributed by atoms with Crippen molar-refractivity contribution < 1.29 is 27.4 Å². The van der Waals surface area contributed by atoms with Crippen LogP contribution >= 0.6 is 0 Å². The summed E-state index contributed by atoms with van der Waals surface area (Å²) >= 11 is 0. The van der Waals surface area contributed by atoms with E-state index in [1.54, 1.807) is 30.3 Å². The van der Waals surface area contributed by atoms with Crippen LogP contribution in [0.3, 0.4) is 0 Å². The van der Waals surface area contributed by atoms with Gasteiger partial charge in [0.15, 0.2) is 11.5 Å². The lowest BCUT2D eigenvalue weighted by atomic mass is 10.1. The zero-order valence-corrected chi connectivity index (χ0v) is 20.0. The zero-order chi connectivity index (χ0) is 24.0. The summed E-state index contributed by atoms with van der Waals surface area (Å²) in [6.45, 7) is 2.23. The molecule has 0 fully saturated rings. The molecule has 2 aromatic rings. The highest BCUT2D eigenvalue weighted by Crippen LogP contribution is 2.38. The molecule has 0 radical (unpaired) electrons. The van der Waals surface area contributed by atoms with Gasteiger partial charge in [0.1, 0.15) is 11.9 Å². The van der Waals surface area contributed by atoms with E-state index in [1.807, 2.05) is 6.92 Å². The Hall–Kier alpha value is -3.27. The first-order valence-corrected chi connectivity index (χ1v) is 12.1. The van der Waals surface area contributed by atoms with Crippen LogP contribution in [0.2, 0.25) is 0 Å². The van der Waals surface area contributed by atoms with Crippen LogP contribution in [0.4, 0.5) is 0 Å². The number of fused-ring (bicyclic) bond motifs is 1. The van der Waals surface area contributed by atoms with Gasteiger partial charge in [-0.2, -0.15) is 0 Å². The molecule has 0 saturated heterocycles. The molecule has 1 aliphatic heterocycles. The molecule has 0 aliphatic carbocycles. The highest BCUT2D eigenvalue weighted by molar-refractivity contribution is 7.90. The SMILES string of the molecule is CCCCC(N=C1NS(=O)(=O)c2ccccc21)C(=O)NCc1cc(OC)c(OC)c(OC)c1. The van der Waals surface area contributed by atoms with Crippen LogP contribution in [0.25, 0.3) is 0 Å². The minimum Gasteiger partial charge on any atom is -0.493 e. The van der Waals surface area contributed by atoms with Crippen LogP contribution in [-0.2, 0) is 21.4 Å². The molecule has 1 atom stereocenters. The third kappa shape index (κ3) is 5.39. The van der Waals surface area contributed by atoms with Crippen LogP contribution in [0.5, 0.6) is 17.2 Å². The summed E-state index contributed by atoms with van der Waals surface area (Å²) in [5, 5.41) is 2.89. The maximum absolute atomic E-state index is 13.0. The Bertz CT molecular complexity index is 1120. The highest BCUT2D eigenvalue weighted by atomic mass is 32.2. The minimum absolute atomic E-state index is 0.163. The van der Waals surface area contributed by atoms with Crippen molar-refractivity contribution in [3.05, 3.63) is 47.5 Å². The molecule has 0 bridgehead atoms. The minimum atomic E-state index is -3.68. The molecule has 0 aromatic heterocycles. The van der Waals surface area contributed by atoms with E-state index in [-0.39, 0.29) is 23.2 Å². The van der Waals surface area contributed by atoms with Gasteiger partial charge < -0.3 is 19.5 Å². The number of benzene rings is 2. The molecular weight excluding hydrogens is 446 g/mol. The van der Waals surface area contributed by atoms with Crippen LogP contribution in [0.1, 0.15) is 37.3 Å². The molecular formula is C23H29N3O6S. The maximum Gasteiger partial charge on any atom is 0.263 e. The van der Waals surface area contributed by atoms with E-state index in [2.05, 4.69) is 15.0 Å². The normalized spacial score (nSPS) is 15.9. The molecule has 10 heteroatoms. The van der Waals surface area contributed by atoms with Crippen molar-refractivity contribution in [2.75, 3.05) is 21.3 Å². The standard InChI is InChI=1S/C23H29N3O6S/c1-5-6-10-17(25-22-16-9-7-8-11-20(16)33(28,29)26-22)23(27)24-14-15-12-18(30-2)21(32-4)19(13-15)31-3/h7-9,11-13,17H,5-6,10,14H2,1-4H3,(H,24,27)(H,25,26). The Morgan fingerprint density at radius 2 is 1.76 bits per heavy atom. The van der Waals surface area contributed by atoms with Gasteiger partial charge in [0, 0.05) is 12.1 Å². The van der Waals surface area contributed by atoms with Gasteiger partial charge in [-0.1, -0.05) is 31.9 Å². The fourth-order valence-corrected chi connectivity index (χ4v) is 4.82. The van der Waals surface area contributed by atoms with Crippen molar-refractivity contribution in [2.24, 2.45) is 4.99 Å². The predicted molar refractivity (Wildman–Crippen MR) is 125 cm³/mol. The number of ether oxygens (including phenoxy) is 3. The molecule has 1 heterocycles. The second-order valence-electron chi connectivity index (χ2n) is 7.49. The number of sulfonamides is 1. The number of nitrogens with one attached hydrogen (secondary N) is 2. The van der Waals surface area contributed by atoms with Crippen molar-refractivity contribution in [1.82, 2.24) is 10.0 Å². The number of carbonyl (C=O) groups is 1. The van der Waals surface area contributed by atoms with Gasteiger partial charge in [-0.05, 0) is 36.2 Å². The van der Waals surface area contributed by atoms with Gasteiger partial charge in [-0.15, -0.1) is 0 Å². The van der Waals surface area contributed by atoms with Crippen LogP contribution in [-0.4, -0.2) is 47.5 Å². The molecule has 178 valence electrons. The number of hydrogen-bond acceptors (Lipinski definition) is 7. The van der Waals surface area contributed by atoms with E-state index >= 15 is 0 Å². The van der Waals surface area contributed by atoms with Gasteiger partial charge >= 0.3 is 0 Å². The van der Waals surface area contributed by atoms with Crippen molar-refractivity contribution in [3.63, 3.8) is 0 Å². The Morgan fingerprint density at radius 1 is 1.09 bits per heavy atom. The van der Waals surface area contributed by atoms with Crippen molar-refractivity contribution >= 4 is 21.8 Å². The number of hydrogen-bond donors (Lipinski definition) is 2. The first-order chi connectivity index (χ1) is 15.8. The topological polar surface area (TPSA) is 115 Å². The summed E-state index contributed by atoms with van der Waals surface area (Å²) in [5.74, 6) is 1.33.